The van der Waals surface area contributed by atoms with Gasteiger partial charge in [-0.25, -0.2) is 4.98 Å². The van der Waals surface area contributed by atoms with E-state index < -0.39 is 0 Å². The second-order valence-electron chi connectivity index (χ2n) is 9.11. The number of unbranched alkanes of at least 4 members (excludes halogenated alkanes) is 2. The predicted octanol–water partition coefficient (Wildman–Crippen LogP) is 9.22. The number of pyridine rings is 2. The molecule has 0 unspecified atom stereocenters. The van der Waals surface area contributed by atoms with Crippen molar-refractivity contribution in [2.45, 2.75) is 52.4 Å². The summed E-state index contributed by atoms with van der Waals surface area (Å²) in [6.07, 6.45) is 11.5. The van der Waals surface area contributed by atoms with Gasteiger partial charge >= 0.3 is 0 Å². The van der Waals surface area contributed by atoms with Crippen LogP contribution in [0.2, 0.25) is 5.02 Å². The number of nitrogens with one attached hydrogen (secondary N) is 2. The number of aromatic nitrogens is 2. The quantitative estimate of drug-likeness (QED) is 0.182. The number of halogens is 1. The van der Waals surface area contributed by atoms with Crippen LogP contribution >= 0.6 is 23.5 Å². The van der Waals surface area contributed by atoms with Gasteiger partial charge in [-0.05, 0) is 85.5 Å². The zero-order valence-corrected chi connectivity index (χ0v) is 23.3. The van der Waals surface area contributed by atoms with Crippen molar-refractivity contribution >= 4 is 51.5 Å². The highest BCUT2D eigenvalue weighted by Crippen LogP contribution is 2.31. The molecule has 4 aromatic rings. The van der Waals surface area contributed by atoms with Crippen molar-refractivity contribution in [3.63, 3.8) is 0 Å². The van der Waals surface area contributed by atoms with Crippen molar-refractivity contribution in [2.24, 2.45) is 0 Å². The molecule has 2 aromatic carbocycles. The molecule has 1 aliphatic heterocycles. The third kappa shape index (κ3) is 7.76. The highest BCUT2D eigenvalue weighted by Gasteiger charge is 2.11. The topological polar surface area (TPSA) is 53.1 Å². The van der Waals surface area contributed by atoms with Crippen LogP contribution in [0.5, 0.6) is 0 Å². The Morgan fingerprint density at radius 2 is 1.68 bits per heavy atom. The Hall–Kier alpha value is -2.96. The van der Waals surface area contributed by atoms with Gasteiger partial charge in [0.05, 0.1) is 27.6 Å². The second-order valence-corrected chi connectivity index (χ2v) is 10.6. The van der Waals surface area contributed by atoms with Crippen LogP contribution in [0.1, 0.15) is 52.4 Å². The number of nitrogens with zero attached hydrogens (tertiary/aromatic N) is 3. The lowest BCUT2D eigenvalue weighted by Crippen LogP contribution is -2.14. The van der Waals surface area contributed by atoms with Crippen molar-refractivity contribution in [1.29, 1.82) is 0 Å². The lowest BCUT2D eigenvalue weighted by Gasteiger charge is -2.21. The van der Waals surface area contributed by atoms with E-state index in [1.54, 1.807) is 6.20 Å². The van der Waals surface area contributed by atoms with E-state index in [4.69, 9.17) is 16.6 Å². The maximum absolute atomic E-state index is 6.49. The first-order valence-corrected chi connectivity index (χ1v) is 14.5. The van der Waals surface area contributed by atoms with Gasteiger partial charge in [0.25, 0.3) is 0 Å². The van der Waals surface area contributed by atoms with Crippen LogP contribution in [0.25, 0.3) is 22.2 Å². The van der Waals surface area contributed by atoms with Crippen molar-refractivity contribution < 1.29 is 0 Å². The van der Waals surface area contributed by atoms with E-state index in [2.05, 4.69) is 58.3 Å². The number of hydrogen-bond donors (Lipinski definition) is 2. The lowest BCUT2D eigenvalue weighted by atomic mass is 10.1. The van der Waals surface area contributed by atoms with E-state index in [-0.39, 0.29) is 0 Å². The second kappa shape index (κ2) is 14.1. The molecule has 1 fully saturated rings. The van der Waals surface area contributed by atoms with Gasteiger partial charge in [0.2, 0.25) is 0 Å². The van der Waals surface area contributed by atoms with E-state index in [1.807, 2.05) is 54.5 Å². The summed E-state index contributed by atoms with van der Waals surface area (Å²) >= 11 is 8.42. The third-order valence-electron chi connectivity index (χ3n) is 6.20. The normalized spacial score (nSPS) is 13.4. The highest BCUT2D eigenvalue weighted by atomic mass is 35.5. The first-order valence-electron chi connectivity index (χ1n) is 13.2. The van der Waals surface area contributed by atoms with Crippen molar-refractivity contribution in [3.05, 3.63) is 78.1 Å². The van der Waals surface area contributed by atoms with Crippen LogP contribution in [0.3, 0.4) is 0 Å². The minimum Gasteiger partial charge on any atom is -0.316 e. The standard InChI is InChI=1S/C25H24ClN5S.C5H12/c26-23-10-7-20(16-22(23)25-11-4-18-17-27-13-12-24(18)28-25)30-29-19-5-8-21(9-6-19)31-14-2-1-3-15-32-31;1-3-5-4-2/h4-13,16-17,29-30H,1-3,14-15H2;3-5H2,1-2H3. The van der Waals surface area contributed by atoms with Crippen LogP contribution in [0, 0.1) is 0 Å². The molecule has 194 valence electrons. The molecule has 5 rings (SSSR count). The SMILES string of the molecule is CCCCC.Clc1ccc(NNc2ccc(N3CCCCCS3)cc2)cc1-c1ccc2cnccc2n1. The molecule has 3 heterocycles. The minimum absolute atomic E-state index is 0.663. The Balaban J connectivity index is 0.000000586. The minimum atomic E-state index is 0.663. The van der Waals surface area contributed by atoms with Gasteiger partial charge in [-0.1, -0.05) is 51.1 Å². The maximum atomic E-state index is 6.49. The molecule has 2 aromatic heterocycles. The number of hydrogen-bond acceptors (Lipinski definition) is 6. The van der Waals surface area contributed by atoms with Crippen molar-refractivity contribution in [2.75, 3.05) is 27.5 Å². The summed E-state index contributed by atoms with van der Waals surface area (Å²) in [5.41, 5.74) is 12.3. The summed E-state index contributed by atoms with van der Waals surface area (Å²) in [7, 11) is 0. The summed E-state index contributed by atoms with van der Waals surface area (Å²) in [4.78, 5) is 8.90. The van der Waals surface area contributed by atoms with Crippen molar-refractivity contribution in [1.82, 2.24) is 9.97 Å². The van der Waals surface area contributed by atoms with E-state index >= 15 is 0 Å². The molecule has 0 spiro atoms. The van der Waals surface area contributed by atoms with E-state index in [0.717, 1.165) is 40.1 Å². The number of fused-ring (bicyclic) bond motifs is 1. The monoisotopic (exact) mass is 533 g/mol. The average Bonchev–Trinajstić information content (AvgIpc) is 3.23. The van der Waals surface area contributed by atoms with Crippen LogP contribution in [0.4, 0.5) is 17.1 Å². The Kier molecular flexibility index (Phi) is 10.3. The largest absolute Gasteiger partial charge is 0.316 e. The summed E-state index contributed by atoms with van der Waals surface area (Å²) in [6.45, 7) is 5.54. The van der Waals surface area contributed by atoms with E-state index in [9.17, 15) is 0 Å². The highest BCUT2D eigenvalue weighted by molar-refractivity contribution is 8.00. The Morgan fingerprint density at radius 1 is 0.892 bits per heavy atom. The van der Waals surface area contributed by atoms with Gasteiger partial charge < -0.3 is 15.2 Å². The van der Waals surface area contributed by atoms with Gasteiger partial charge in [0.1, 0.15) is 0 Å². The molecule has 0 atom stereocenters. The first-order chi connectivity index (χ1) is 18.2. The molecule has 7 heteroatoms. The van der Waals surface area contributed by atoms with Gasteiger partial charge in [-0.2, -0.15) is 0 Å². The Bertz CT molecular complexity index is 1250. The predicted molar refractivity (Wildman–Crippen MR) is 163 cm³/mol. The molecule has 1 aliphatic rings. The number of benzene rings is 2. The molecular weight excluding hydrogens is 498 g/mol. The molecule has 0 bridgehead atoms. The fraction of sp³-hybridized carbons (Fsp3) is 0.333. The molecule has 0 radical (unpaired) electrons. The van der Waals surface area contributed by atoms with E-state index in [0.29, 0.717) is 5.02 Å². The average molecular weight is 534 g/mol. The fourth-order valence-corrected chi connectivity index (χ4v) is 5.40. The van der Waals surface area contributed by atoms with Gasteiger partial charge in [-0.15, -0.1) is 0 Å². The zero-order chi connectivity index (χ0) is 25.9. The lowest BCUT2D eigenvalue weighted by molar-refractivity contribution is 0.751. The molecule has 0 aliphatic carbocycles. The number of anilines is 3. The zero-order valence-electron chi connectivity index (χ0n) is 21.7. The Labute approximate surface area is 230 Å². The molecule has 0 saturated carbocycles. The van der Waals surface area contributed by atoms with Crippen LogP contribution in [-0.2, 0) is 0 Å². The molecule has 37 heavy (non-hydrogen) atoms. The summed E-state index contributed by atoms with van der Waals surface area (Å²) < 4.78 is 2.41. The van der Waals surface area contributed by atoms with Gasteiger partial charge in [0.15, 0.2) is 0 Å². The Morgan fingerprint density at radius 3 is 2.46 bits per heavy atom. The van der Waals surface area contributed by atoms with Crippen LogP contribution < -0.4 is 15.2 Å². The van der Waals surface area contributed by atoms with Gasteiger partial charge in [-0.3, -0.25) is 4.98 Å². The maximum Gasteiger partial charge on any atom is 0.0740 e. The first kappa shape index (κ1) is 27.1. The number of rotatable bonds is 7. The summed E-state index contributed by atoms with van der Waals surface area (Å²) in [6, 6.07) is 20.3. The smallest absolute Gasteiger partial charge is 0.0740 e. The fourth-order valence-electron chi connectivity index (χ4n) is 4.10. The molecule has 0 amide bonds. The summed E-state index contributed by atoms with van der Waals surface area (Å²) in [5, 5.41) is 1.67. The molecular formula is C30H36ClN5S. The third-order valence-corrected chi connectivity index (χ3v) is 7.70. The molecule has 1 saturated heterocycles. The number of hydrazine groups is 1. The molecule has 2 N–H and O–H groups in total. The summed E-state index contributed by atoms with van der Waals surface area (Å²) in [5.74, 6) is 1.20. The van der Waals surface area contributed by atoms with Crippen LogP contribution in [-0.4, -0.2) is 22.3 Å². The van der Waals surface area contributed by atoms with E-state index in [1.165, 1.54) is 50.0 Å². The van der Waals surface area contributed by atoms with Crippen molar-refractivity contribution in [3.8, 4) is 11.3 Å². The molecule has 5 nitrogen and oxygen atoms in total. The van der Waals surface area contributed by atoms with Crippen LogP contribution in [0.15, 0.2) is 73.1 Å². The van der Waals surface area contributed by atoms with Gasteiger partial charge in [0, 0.05) is 41.3 Å².